The van der Waals surface area contributed by atoms with Crippen molar-refractivity contribution >= 4 is 5.95 Å². The lowest BCUT2D eigenvalue weighted by Gasteiger charge is -2.01. The van der Waals surface area contributed by atoms with Crippen LogP contribution in [0.3, 0.4) is 0 Å². The number of anilines is 1. The second-order valence-corrected chi connectivity index (χ2v) is 4.31. The third-order valence-corrected chi connectivity index (χ3v) is 3.01. The summed E-state index contributed by atoms with van der Waals surface area (Å²) >= 11 is 0. The zero-order valence-corrected chi connectivity index (χ0v) is 10.1. The van der Waals surface area contributed by atoms with Crippen LogP contribution in [0, 0.1) is 17.8 Å². The van der Waals surface area contributed by atoms with Gasteiger partial charge in [0.2, 0.25) is 11.8 Å². The van der Waals surface area contributed by atoms with E-state index in [1.165, 1.54) is 25.7 Å². The molecule has 1 aromatic heterocycles. The van der Waals surface area contributed by atoms with Crippen molar-refractivity contribution in [3.8, 4) is 17.7 Å². The second-order valence-electron chi connectivity index (χ2n) is 4.31. The van der Waals surface area contributed by atoms with Gasteiger partial charge in [0.25, 0.3) is 0 Å². The van der Waals surface area contributed by atoms with E-state index in [0.29, 0.717) is 11.6 Å². The quantitative estimate of drug-likeness (QED) is 0.791. The summed E-state index contributed by atoms with van der Waals surface area (Å²) in [5.41, 5.74) is 6.19. The molecule has 0 aromatic carbocycles. The first-order chi connectivity index (χ1) is 8.28. The van der Waals surface area contributed by atoms with Crippen LogP contribution in [-0.2, 0) is 0 Å². The molecule has 0 amide bonds. The average molecular weight is 231 g/mol. The predicted octanol–water partition coefficient (Wildman–Crippen LogP) is 2.00. The van der Waals surface area contributed by atoms with Crippen LogP contribution in [0.15, 0.2) is 6.07 Å². The van der Waals surface area contributed by atoms with Gasteiger partial charge >= 0.3 is 0 Å². The number of rotatable bonds is 2. The molecule has 1 aliphatic rings. The van der Waals surface area contributed by atoms with Crippen LogP contribution >= 0.6 is 0 Å². The van der Waals surface area contributed by atoms with E-state index in [9.17, 15) is 0 Å². The van der Waals surface area contributed by atoms with Gasteiger partial charge in [-0.25, -0.2) is 4.98 Å². The van der Waals surface area contributed by atoms with Gasteiger partial charge in [-0.1, -0.05) is 18.8 Å². The van der Waals surface area contributed by atoms with E-state index in [2.05, 4.69) is 21.8 Å². The Morgan fingerprint density at radius 2 is 2.18 bits per heavy atom. The fourth-order valence-electron chi connectivity index (χ4n) is 2.11. The van der Waals surface area contributed by atoms with Crippen LogP contribution in [0.2, 0.25) is 0 Å². The van der Waals surface area contributed by atoms with Crippen LogP contribution in [0.5, 0.6) is 5.88 Å². The zero-order valence-electron chi connectivity index (χ0n) is 10.1. The predicted molar refractivity (Wildman–Crippen MR) is 66.4 cm³/mol. The van der Waals surface area contributed by atoms with Crippen molar-refractivity contribution in [2.45, 2.75) is 32.1 Å². The molecule has 0 bridgehead atoms. The molecule has 2 N–H and O–H groups in total. The Kier molecular flexibility index (Phi) is 3.81. The summed E-state index contributed by atoms with van der Waals surface area (Å²) in [4.78, 5) is 7.97. The number of aromatic nitrogens is 2. The minimum Gasteiger partial charge on any atom is -0.481 e. The molecular weight excluding hydrogens is 214 g/mol. The fourth-order valence-corrected chi connectivity index (χ4v) is 2.11. The number of hydrogen-bond donors (Lipinski definition) is 1. The Balaban J connectivity index is 2.02. The van der Waals surface area contributed by atoms with E-state index in [0.717, 1.165) is 12.3 Å². The lowest BCUT2D eigenvalue weighted by atomic mass is 10.1. The molecule has 2 rings (SSSR count). The third kappa shape index (κ3) is 3.35. The average Bonchev–Trinajstić information content (AvgIpc) is 2.81. The fraction of sp³-hybridized carbons (Fsp3) is 0.538. The highest BCUT2D eigenvalue weighted by Gasteiger charge is 2.12. The van der Waals surface area contributed by atoms with Crippen LogP contribution in [0.1, 0.15) is 37.8 Å². The summed E-state index contributed by atoms with van der Waals surface area (Å²) in [5.74, 6) is 7.63. The highest BCUT2D eigenvalue weighted by Crippen LogP contribution is 2.26. The molecule has 0 unspecified atom stereocenters. The summed E-state index contributed by atoms with van der Waals surface area (Å²) in [7, 11) is 1.55. The molecule has 1 saturated carbocycles. The smallest absolute Gasteiger partial charge is 0.224 e. The first-order valence-electron chi connectivity index (χ1n) is 5.95. The van der Waals surface area contributed by atoms with Crippen LogP contribution < -0.4 is 10.5 Å². The van der Waals surface area contributed by atoms with Gasteiger partial charge in [0.05, 0.1) is 7.11 Å². The topological polar surface area (TPSA) is 61.0 Å². The third-order valence-electron chi connectivity index (χ3n) is 3.01. The van der Waals surface area contributed by atoms with E-state index in [4.69, 9.17) is 10.5 Å². The summed E-state index contributed by atoms with van der Waals surface area (Å²) < 4.78 is 5.02. The van der Waals surface area contributed by atoms with Gasteiger partial charge in [0.15, 0.2) is 0 Å². The van der Waals surface area contributed by atoms with E-state index in [1.807, 2.05) is 0 Å². The van der Waals surface area contributed by atoms with Crippen molar-refractivity contribution in [3.05, 3.63) is 11.8 Å². The zero-order chi connectivity index (χ0) is 12.1. The Bertz CT molecular complexity index is 442. The minimum atomic E-state index is 0.203. The van der Waals surface area contributed by atoms with Crippen molar-refractivity contribution in [1.29, 1.82) is 0 Å². The molecule has 4 heteroatoms. The van der Waals surface area contributed by atoms with Crippen molar-refractivity contribution in [1.82, 2.24) is 9.97 Å². The second kappa shape index (κ2) is 5.53. The van der Waals surface area contributed by atoms with Crippen LogP contribution in [0.4, 0.5) is 5.95 Å². The number of ether oxygens (including phenoxy) is 1. The largest absolute Gasteiger partial charge is 0.481 e. The standard InChI is InChI=1S/C13H17N3O/c1-17-12-9-11(15-13(14)16-12)8-4-7-10-5-2-3-6-10/h9-10H,2-3,5-7H2,1H3,(H2,14,15,16). The van der Waals surface area contributed by atoms with Gasteiger partial charge in [0.1, 0.15) is 5.69 Å². The van der Waals surface area contributed by atoms with E-state index >= 15 is 0 Å². The summed E-state index contributed by atoms with van der Waals surface area (Å²) in [6, 6.07) is 1.71. The lowest BCUT2D eigenvalue weighted by Crippen LogP contribution is -1.99. The van der Waals surface area contributed by atoms with Crippen molar-refractivity contribution in [3.63, 3.8) is 0 Å². The molecule has 1 aromatic rings. The summed E-state index contributed by atoms with van der Waals surface area (Å²) in [6.07, 6.45) is 6.27. The molecule has 90 valence electrons. The normalized spacial score (nSPS) is 15.4. The van der Waals surface area contributed by atoms with E-state index in [1.54, 1.807) is 13.2 Å². The van der Waals surface area contributed by atoms with Gasteiger partial charge in [-0.2, -0.15) is 4.98 Å². The number of methoxy groups -OCH3 is 1. The monoisotopic (exact) mass is 231 g/mol. The molecule has 1 aliphatic carbocycles. The molecule has 0 saturated heterocycles. The first kappa shape index (κ1) is 11.7. The molecule has 0 spiro atoms. The lowest BCUT2D eigenvalue weighted by molar-refractivity contribution is 0.397. The maximum Gasteiger partial charge on any atom is 0.224 e. The highest BCUT2D eigenvalue weighted by molar-refractivity contribution is 5.35. The van der Waals surface area contributed by atoms with Crippen molar-refractivity contribution in [2.75, 3.05) is 12.8 Å². The number of nitrogens with two attached hydrogens (primary N) is 1. The van der Waals surface area contributed by atoms with Crippen LogP contribution in [0.25, 0.3) is 0 Å². The number of nitrogen functional groups attached to an aromatic ring is 1. The van der Waals surface area contributed by atoms with Crippen molar-refractivity contribution < 1.29 is 4.74 Å². The van der Waals surface area contributed by atoms with Crippen LogP contribution in [-0.4, -0.2) is 17.1 Å². The Morgan fingerprint density at radius 1 is 1.41 bits per heavy atom. The molecule has 0 aliphatic heterocycles. The Hall–Kier alpha value is -1.76. The molecule has 0 atom stereocenters. The summed E-state index contributed by atoms with van der Waals surface area (Å²) in [5, 5.41) is 0. The maximum atomic E-state index is 5.56. The first-order valence-corrected chi connectivity index (χ1v) is 5.95. The Morgan fingerprint density at radius 3 is 2.88 bits per heavy atom. The molecule has 0 radical (unpaired) electrons. The maximum absolute atomic E-state index is 5.56. The van der Waals surface area contributed by atoms with Gasteiger partial charge in [-0.3, -0.25) is 0 Å². The van der Waals surface area contributed by atoms with Crippen molar-refractivity contribution in [2.24, 2.45) is 5.92 Å². The number of hydrogen-bond acceptors (Lipinski definition) is 4. The SMILES string of the molecule is COc1cc(C#CCC2CCCC2)nc(N)n1. The molecule has 1 fully saturated rings. The molecular formula is C13H17N3O. The van der Waals surface area contributed by atoms with Gasteiger partial charge in [0, 0.05) is 12.5 Å². The molecule has 4 nitrogen and oxygen atoms in total. The van der Waals surface area contributed by atoms with E-state index in [-0.39, 0.29) is 5.95 Å². The molecule has 17 heavy (non-hydrogen) atoms. The van der Waals surface area contributed by atoms with E-state index < -0.39 is 0 Å². The molecule has 1 heterocycles. The number of nitrogens with zero attached hydrogens (tertiary/aromatic N) is 2. The summed E-state index contributed by atoms with van der Waals surface area (Å²) in [6.45, 7) is 0. The van der Waals surface area contributed by atoms with Gasteiger partial charge < -0.3 is 10.5 Å². The van der Waals surface area contributed by atoms with Gasteiger partial charge in [-0.05, 0) is 24.7 Å². The minimum absolute atomic E-state index is 0.203. The van der Waals surface area contributed by atoms with Gasteiger partial charge in [-0.15, -0.1) is 0 Å². The highest BCUT2D eigenvalue weighted by atomic mass is 16.5. The Labute approximate surface area is 102 Å².